The molecule has 6 nitrogen and oxygen atoms in total. The number of carbonyl (C=O) groups is 3. The van der Waals surface area contributed by atoms with E-state index in [2.05, 4.69) is 31.4 Å². The van der Waals surface area contributed by atoms with Gasteiger partial charge in [0.05, 0.1) is 0 Å². The van der Waals surface area contributed by atoms with Crippen LogP contribution >= 0.6 is 11.6 Å². The highest BCUT2D eigenvalue weighted by Gasteiger charge is 2.22. The Bertz CT molecular complexity index is 641. The van der Waals surface area contributed by atoms with Crippen molar-refractivity contribution in [2.75, 3.05) is 6.54 Å². The minimum Gasteiger partial charge on any atom is -0.481 e. The number of hydrogen-bond donors (Lipinski definition) is 3. The molecule has 1 aromatic rings. The van der Waals surface area contributed by atoms with E-state index in [9.17, 15) is 14.4 Å². The van der Waals surface area contributed by atoms with E-state index in [1.165, 1.54) is 6.07 Å². The Morgan fingerprint density at radius 3 is 2.50 bits per heavy atom. The van der Waals surface area contributed by atoms with Crippen LogP contribution in [0.3, 0.4) is 0 Å². The molecule has 3 N–H and O–H groups in total. The summed E-state index contributed by atoms with van der Waals surface area (Å²) in [6, 6.07) is 5.44. The average Bonchev–Trinajstić information content (AvgIpc) is 2.54. The molecule has 0 radical (unpaired) electrons. The van der Waals surface area contributed by atoms with Gasteiger partial charge in [-0.05, 0) is 42.9 Å². The van der Waals surface area contributed by atoms with Crippen LogP contribution in [0.2, 0.25) is 5.02 Å². The highest BCUT2D eigenvalue weighted by Crippen LogP contribution is 2.19. The Hall–Kier alpha value is -2.08. The highest BCUT2D eigenvalue weighted by molar-refractivity contribution is 6.31. The molecule has 7 heteroatoms. The maximum Gasteiger partial charge on any atom is 0.303 e. The number of carboxylic acids is 1. The molecule has 0 fully saturated rings. The van der Waals surface area contributed by atoms with Gasteiger partial charge in [0.25, 0.3) is 5.91 Å². The fourth-order valence-electron chi connectivity index (χ4n) is 2.36. The fourth-order valence-corrected chi connectivity index (χ4v) is 2.55. The molecule has 0 aliphatic rings. The van der Waals surface area contributed by atoms with Crippen LogP contribution in [0.25, 0.3) is 0 Å². The Kier molecular flexibility index (Phi) is 8.58. The number of amides is 2. The van der Waals surface area contributed by atoms with Crippen molar-refractivity contribution in [1.29, 1.82) is 0 Å². The van der Waals surface area contributed by atoms with E-state index >= 15 is 0 Å². The van der Waals surface area contributed by atoms with Gasteiger partial charge in [-0.2, -0.15) is 0 Å². The van der Waals surface area contributed by atoms with Gasteiger partial charge in [0, 0.05) is 23.6 Å². The molecule has 0 saturated heterocycles. The summed E-state index contributed by atoms with van der Waals surface area (Å²) in [7, 11) is 0. The first-order chi connectivity index (χ1) is 12.1. The first kappa shape index (κ1) is 22.0. The number of halogens is 1. The van der Waals surface area contributed by atoms with Gasteiger partial charge in [0.2, 0.25) is 5.91 Å². The molecule has 144 valence electrons. The summed E-state index contributed by atoms with van der Waals surface area (Å²) in [5.41, 5.74) is 0.493. The first-order valence-electron chi connectivity index (χ1n) is 8.64. The predicted octanol–water partition coefficient (Wildman–Crippen LogP) is 3.25. The van der Waals surface area contributed by atoms with E-state index in [0.717, 1.165) is 12.8 Å². The summed E-state index contributed by atoms with van der Waals surface area (Å²) in [6.45, 7) is 6.84. The van der Waals surface area contributed by atoms with Crippen molar-refractivity contribution in [2.45, 2.75) is 52.5 Å². The van der Waals surface area contributed by atoms with Crippen LogP contribution in [0, 0.1) is 5.41 Å². The fraction of sp³-hybridized carbons (Fsp3) is 0.526. The number of carboxylic acid groups (broad SMARTS) is 1. The zero-order valence-electron chi connectivity index (χ0n) is 15.5. The SMILES string of the molecule is CC(C)(C)CCCNC(=O)[C@@H](CCC(=O)O)NC(=O)c1cccc(Cl)c1. The topological polar surface area (TPSA) is 95.5 Å². The number of benzene rings is 1. The smallest absolute Gasteiger partial charge is 0.303 e. The minimum atomic E-state index is -1.02. The van der Waals surface area contributed by atoms with Gasteiger partial charge in [-0.3, -0.25) is 14.4 Å². The van der Waals surface area contributed by atoms with Crippen molar-refractivity contribution in [3.8, 4) is 0 Å². The van der Waals surface area contributed by atoms with Crippen LogP contribution in [-0.2, 0) is 9.59 Å². The summed E-state index contributed by atoms with van der Waals surface area (Å²) in [5.74, 6) is -1.86. The molecule has 0 aliphatic carbocycles. The van der Waals surface area contributed by atoms with Gasteiger partial charge in [-0.1, -0.05) is 38.4 Å². The molecule has 2 amide bonds. The van der Waals surface area contributed by atoms with Crippen LogP contribution in [-0.4, -0.2) is 35.5 Å². The summed E-state index contributed by atoms with van der Waals surface area (Å²) in [5, 5.41) is 14.7. The monoisotopic (exact) mass is 382 g/mol. The number of nitrogens with one attached hydrogen (secondary N) is 2. The molecule has 26 heavy (non-hydrogen) atoms. The second-order valence-electron chi connectivity index (χ2n) is 7.42. The van der Waals surface area contributed by atoms with Gasteiger partial charge in [0.1, 0.15) is 6.04 Å². The lowest BCUT2D eigenvalue weighted by molar-refractivity contribution is -0.137. The standard InChI is InChI=1S/C19H27ClN2O4/c1-19(2,3)10-5-11-21-18(26)15(8-9-16(23)24)22-17(25)13-6-4-7-14(20)12-13/h4,6-7,12,15H,5,8-11H2,1-3H3,(H,21,26)(H,22,25)(H,23,24)/t15-/m1/s1. The lowest BCUT2D eigenvalue weighted by Crippen LogP contribution is -2.47. The quantitative estimate of drug-likeness (QED) is 0.571. The Morgan fingerprint density at radius 1 is 1.23 bits per heavy atom. The molecule has 0 unspecified atom stereocenters. The Morgan fingerprint density at radius 2 is 1.92 bits per heavy atom. The molecular formula is C19H27ClN2O4. The molecule has 1 aromatic carbocycles. The van der Waals surface area contributed by atoms with Crippen LogP contribution < -0.4 is 10.6 Å². The zero-order chi connectivity index (χ0) is 19.7. The zero-order valence-corrected chi connectivity index (χ0v) is 16.2. The molecule has 1 atom stereocenters. The third-order valence-corrected chi connectivity index (χ3v) is 3.99. The number of rotatable bonds is 9. The van der Waals surface area contributed by atoms with Crippen molar-refractivity contribution < 1.29 is 19.5 Å². The van der Waals surface area contributed by atoms with Crippen LogP contribution in [0.4, 0.5) is 0 Å². The maximum atomic E-state index is 12.4. The van der Waals surface area contributed by atoms with Crippen molar-refractivity contribution in [2.24, 2.45) is 5.41 Å². The van der Waals surface area contributed by atoms with Gasteiger partial charge in [-0.15, -0.1) is 0 Å². The lowest BCUT2D eigenvalue weighted by atomic mass is 9.91. The third kappa shape index (κ3) is 8.85. The van der Waals surface area contributed by atoms with E-state index in [0.29, 0.717) is 17.1 Å². The number of carbonyl (C=O) groups excluding carboxylic acids is 2. The summed E-state index contributed by atoms with van der Waals surface area (Å²) in [6.07, 6.45) is 1.56. The summed E-state index contributed by atoms with van der Waals surface area (Å²) >= 11 is 5.87. The van der Waals surface area contributed by atoms with Crippen molar-refractivity contribution in [3.05, 3.63) is 34.9 Å². The minimum absolute atomic E-state index is 0.0206. The average molecular weight is 383 g/mol. The van der Waals surface area contributed by atoms with E-state index in [1.807, 2.05) is 0 Å². The van der Waals surface area contributed by atoms with E-state index in [1.54, 1.807) is 18.2 Å². The molecule has 1 rings (SSSR count). The van der Waals surface area contributed by atoms with E-state index in [-0.39, 0.29) is 24.2 Å². The normalized spacial score (nSPS) is 12.3. The van der Waals surface area contributed by atoms with E-state index < -0.39 is 17.9 Å². The largest absolute Gasteiger partial charge is 0.481 e. The van der Waals surface area contributed by atoms with E-state index in [4.69, 9.17) is 16.7 Å². The van der Waals surface area contributed by atoms with Crippen molar-refractivity contribution in [3.63, 3.8) is 0 Å². The molecule has 0 saturated carbocycles. The van der Waals surface area contributed by atoms with Crippen molar-refractivity contribution >= 4 is 29.4 Å². The van der Waals surface area contributed by atoms with Crippen LogP contribution in [0.5, 0.6) is 0 Å². The third-order valence-electron chi connectivity index (χ3n) is 3.76. The second kappa shape index (κ2) is 10.2. The molecule has 0 aliphatic heterocycles. The molecule has 0 heterocycles. The van der Waals surface area contributed by atoms with Gasteiger partial charge in [-0.25, -0.2) is 0 Å². The van der Waals surface area contributed by atoms with Gasteiger partial charge in [0.15, 0.2) is 0 Å². The van der Waals surface area contributed by atoms with Gasteiger partial charge < -0.3 is 15.7 Å². The van der Waals surface area contributed by atoms with Crippen LogP contribution in [0.15, 0.2) is 24.3 Å². The summed E-state index contributed by atoms with van der Waals surface area (Å²) in [4.78, 5) is 35.5. The van der Waals surface area contributed by atoms with Gasteiger partial charge >= 0.3 is 5.97 Å². The van der Waals surface area contributed by atoms with Crippen LogP contribution in [0.1, 0.15) is 56.8 Å². The Balaban J connectivity index is 2.66. The highest BCUT2D eigenvalue weighted by atomic mass is 35.5. The summed E-state index contributed by atoms with van der Waals surface area (Å²) < 4.78 is 0. The molecular weight excluding hydrogens is 356 g/mol. The predicted molar refractivity (Wildman–Crippen MR) is 101 cm³/mol. The number of aliphatic carboxylic acids is 1. The molecule has 0 bridgehead atoms. The molecule has 0 aromatic heterocycles. The Labute approximate surface area is 159 Å². The lowest BCUT2D eigenvalue weighted by Gasteiger charge is -2.20. The molecule has 0 spiro atoms. The maximum absolute atomic E-state index is 12.4. The first-order valence-corrected chi connectivity index (χ1v) is 9.02. The van der Waals surface area contributed by atoms with Crippen molar-refractivity contribution in [1.82, 2.24) is 10.6 Å². The second-order valence-corrected chi connectivity index (χ2v) is 7.86. The number of hydrogen-bond acceptors (Lipinski definition) is 3.